The molecule has 0 saturated carbocycles. The molecular formula is C12H15F2NO. The van der Waals surface area contributed by atoms with Crippen LogP contribution in [0.3, 0.4) is 0 Å². The van der Waals surface area contributed by atoms with Gasteiger partial charge in [0.2, 0.25) is 0 Å². The molecule has 1 heterocycles. The largest absolute Gasteiger partial charge is 0.497 e. The third-order valence-electron chi connectivity index (χ3n) is 2.95. The lowest BCUT2D eigenvalue weighted by Crippen LogP contribution is -2.28. The second kappa shape index (κ2) is 4.78. The van der Waals surface area contributed by atoms with Crippen molar-refractivity contribution in [2.45, 2.75) is 25.3 Å². The van der Waals surface area contributed by atoms with Crippen LogP contribution in [0.15, 0.2) is 12.1 Å². The predicted octanol–water partition coefficient (Wildman–Crippen LogP) is 2.79. The lowest BCUT2D eigenvalue weighted by molar-refractivity contribution is 0.375. The van der Waals surface area contributed by atoms with Gasteiger partial charge in [-0.3, -0.25) is 0 Å². The lowest BCUT2D eigenvalue weighted by atomic mass is 9.96. The SMILES string of the molecule is COc1cc(F)c(C2CCCCN2)c(F)c1. The summed E-state index contributed by atoms with van der Waals surface area (Å²) in [6.07, 6.45) is 2.85. The van der Waals surface area contributed by atoms with Crippen LogP contribution in [0.5, 0.6) is 5.75 Å². The molecule has 16 heavy (non-hydrogen) atoms. The Morgan fingerprint density at radius 1 is 1.25 bits per heavy atom. The first-order valence-corrected chi connectivity index (χ1v) is 5.48. The highest BCUT2D eigenvalue weighted by Gasteiger charge is 2.22. The van der Waals surface area contributed by atoms with E-state index in [1.165, 1.54) is 19.2 Å². The van der Waals surface area contributed by atoms with Crippen molar-refractivity contribution >= 4 is 0 Å². The molecule has 1 N–H and O–H groups in total. The first kappa shape index (κ1) is 11.3. The Balaban J connectivity index is 2.32. The monoisotopic (exact) mass is 227 g/mol. The molecule has 0 aliphatic carbocycles. The van der Waals surface area contributed by atoms with Gasteiger partial charge in [0.05, 0.1) is 7.11 Å². The van der Waals surface area contributed by atoms with Crippen LogP contribution in [0.4, 0.5) is 8.78 Å². The van der Waals surface area contributed by atoms with Gasteiger partial charge in [-0.2, -0.15) is 0 Å². The predicted molar refractivity (Wildman–Crippen MR) is 57.5 cm³/mol. The molecule has 1 fully saturated rings. The minimum absolute atomic E-state index is 0.139. The van der Waals surface area contributed by atoms with Gasteiger partial charge in [-0.15, -0.1) is 0 Å². The van der Waals surface area contributed by atoms with E-state index in [9.17, 15) is 8.78 Å². The van der Waals surface area contributed by atoms with Crippen LogP contribution in [0, 0.1) is 11.6 Å². The van der Waals surface area contributed by atoms with Crippen molar-refractivity contribution in [2.75, 3.05) is 13.7 Å². The van der Waals surface area contributed by atoms with E-state index in [2.05, 4.69) is 5.32 Å². The molecule has 2 rings (SSSR count). The Morgan fingerprint density at radius 3 is 2.44 bits per heavy atom. The maximum atomic E-state index is 13.7. The van der Waals surface area contributed by atoms with E-state index in [1.54, 1.807) is 0 Å². The number of hydrogen-bond donors (Lipinski definition) is 1. The maximum absolute atomic E-state index is 13.7. The van der Waals surface area contributed by atoms with Crippen LogP contribution in [0.25, 0.3) is 0 Å². The smallest absolute Gasteiger partial charge is 0.134 e. The van der Waals surface area contributed by atoms with Crippen molar-refractivity contribution in [3.8, 4) is 5.75 Å². The van der Waals surface area contributed by atoms with Crippen molar-refractivity contribution in [3.05, 3.63) is 29.3 Å². The molecule has 1 unspecified atom stereocenters. The Hall–Kier alpha value is -1.16. The number of halogens is 2. The van der Waals surface area contributed by atoms with Gasteiger partial charge in [-0.25, -0.2) is 8.78 Å². The van der Waals surface area contributed by atoms with Gasteiger partial charge >= 0.3 is 0 Å². The zero-order valence-electron chi connectivity index (χ0n) is 9.22. The number of methoxy groups -OCH3 is 1. The fourth-order valence-electron chi connectivity index (χ4n) is 2.11. The van der Waals surface area contributed by atoms with Gasteiger partial charge in [0, 0.05) is 23.7 Å². The second-order valence-electron chi connectivity index (χ2n) is 4.01. The topological polar surface area (TPSA) is 21.3 Å². The van der Waals surface area contributed by atoms with Crippen LogP contribution >= 0.6 is 0 Å². The summed E-state index contributed by atoms with van der Waals surface area (Å²) in [5.74, 6) is -0.845. The minimum Gasteiger partial charge on any atom is -0.497 e. The first-order valence-electron chi connectivity index (χ1n) is 5.48. The Morgan fingerprint density at radius 2 is 1.94 bits per heavy atom. The maximum Gasteiger partial charge on any atom is 0.134 e. The zero-order valence-corrected chi connectivity index (χ0v) is 9.22. The number of piperidine rings is 1. The Bertz CT molecular complexity index is 352. The lowest BCUT2D eigenvalue weighted by Gasteiger charge is -2.24. The van der Waals surface area contributed by atoms with E-state index in [0.717, 1.165) is 25.8 Å². The van der Waals surface area contributed by atoms with Crippen molar-refractivity contribution in [2.24, 2.45) is 0 Å². The molecule has 0 radical (unpaired) electrons. The molecule has 0 amide bonds. The van der Waals surface area contributed by atoms with Gasteiger partial charge < -0.3 is 10.1 Å². The highest BCUT2D eigenvalue weighted by Crippen LogP contribution is 2.30. The van der Waals surface area contributed by atoms with Gasteiger partial charge in [-0.05, 0) is 19.4 Å². The summed E-state index contributed by atoms with van der Waals surface area (Å²) < 4.78 is 32.3. The third-order valence-corrected chi connectivity index (χ3v) is 2.95. The number of hydrogen-bond acceptors (Lipinski definition) is 2. The van der Waals surface area contributed by atoms with Crippen LogP contribution in [0.1, 0.15) is 30.9 Å². The van der Waals surface area contributed by atoms with Crippen molar-refractivity contribution in [1.29, 1.82) is 0 Å². The molecule has 0 spiro atoms. The third kappa shape index (κ3) is 2.16. The summed E-state index contributed by atoms with van der Waals surface area (Å²) in [5, 5.41) is 3.13. The standard InChI is InChI=1S/C12H15F2NO/c1-16-8-6-9(13)12(10(14)7-8)11-4-2-3-5-15-11/h6-7,11,15H,2-5H2,1H3. The van der Waals surface area contributed by atoms with E-state index in [0.29, 0.717) is 0 Å². The van der Waals surface area contributed by atoms with Crippen molar-refractivity contribution < 1.29 is 13.5 Å². The fourth-order valence-corrected chi connectivity index (χ4v) is 2.11. The van der Waals surface area contributed by atoms with Crippen LogP contribution < -0.4 is 10.1 Å². The van der Waals surface area contributed by atoms with Crippen LogP contribution in [0.2, 0.25) is 0 Å². The van der Waals surface area contributed by atoms with Gasteiger partial charge in [0.1, 0.15) is 17.4 Å². The van der Waals surface area contributed by atoms with Crippen molar-refractivity contribution in [3.63, 3.8) is 0 Å². The minimum atomic E-state index is -0.531. The molecule has 2 nitrogen and oxygen atoms in total. The number of ether oxygens (including phenoxy) is 1. The van der Waals surface area contributed by atoms with E-state index in [-0.39, 0.29) is 17.4 Å². The average molecular weight is 227 g/mol. The molecule has 0 aromatic heterocycles. The van der Waals surface area contributed by atoms with E-state index < -0.39 is 11.6 Å². The molecule has 1 aromatic rings. The summed E-state index contributed by atoms with van der Waals surface area (Å²) in [5.41, 5.74) is 0.139. The number of benzene rings is 1. The number of rotatable bonds is 2. The zero-order chi connectivity index (χ0) is 11.5. The molecule has 1 atom stereocenters. The summed E-state index contributed by atoms with van der Waals surface area (Å²) >= 11 is 0. The van der Waals surface area contributed by atoms with Crippen molar-refractivity contribution in [1.82, 2.24) is 5.32 Å². The van der Waals surface area contributed by atoms with Gasteiger partial charge in [0.25, 0.3) is 0 Å². The Kier molecular flexibility index (Phi) is 3.39. The fraction of sp³-hybridized carbons (Fsp3) is 0.500. The molecule has 1 aliphatic rings. The molecule has 1 saturated heterocycles. The van der Waals surface area contributed by atoms with E-state index in [4.69, 9.17) is 4.74 Å². The molecule has 0 bridgehead atoms. The molecular weight excluding hydrogens is 212 g/mol. The molecule has 88 valence electrons. The van der Waals surface area contributed by atoms with Crippen LogP contribution in [-0.2, 0) is 0 Å². The normalized spacial score (nSPS) is 20.8. The molecule has 1 aliphatic heterocycles. The Labute approximate surface area is 93.6 Å². The van der Waals surface area contributed by atoms with Gasteiger partial charge in [0.15, 0.2) is 0 Å². The highest BCUT2D eigenvalue weighted by molar-refractivity contribution is 5.32. The second-order valence-corrected chi connectivity index (χ2v) is 4.01. The van der Waals surface area contributed by atoms with E-state index >= 15 is 0 Å². The first-order chi connectivity index (χ1) is 7.72. The summed E-state index contributed by atoms with van der Waals surface area (Å²) in [6.45, 7) is 0.815. The quantitative estimate of drug-likeness (QED) is 0.838. The summed E-state index contributed by atoms with van der Waals surface area (Å²) in [4.78, 5) is 0. The van der Waals surface area contributed by atoms with E-state index in [1.807, 2.05) is 0 Å². The van der Waals surface area contributed by atoms with Crippen LogP contribution in [-0.4, -0.2) is 13.7 Å². The molecule has 4 heteroatoms. The average Bonchev–Trinajstić information content (AvgIpc) is 2.29. The highest BCUT2D eigenvalue weighted by atomic mass is 19.1. The molecule has 1 aromatic carbocycles. The summed E-state index contributed by atoms with van der Waals surface area (Å²) in [6, 6.07) is 2.25. The summed E-state index contributed by atoms with van der Waals surface area (Å²) in [7, 11) is 1.40. The number of nitrogens with one attached hydrogen (secondary N) is 1. The van der Waals surface area contributed by atoms with Gasteiger partial charge in [-0.1, -0.05) is 6.42 Å².